The van der Waals surface area contributed by atoms with E-state index in [4.69, 9.17) is 14.2 Å². The molecular formula is C28H34N4O6S2. The van der Waals surface area contributed by atoms with Gasteiger partial charge in [0, 0.05) is 6.54 Å². The van der Waals surface area contributed by atoms with Gasteiger partial charge >= 0.3 is 11.9 Å². The summed E-state index contributed by atoms with van der Waals surface area (Å²) in [5.41, 5.74) is 1.74. The Balaban J connectivity index is 1.73. The van der Waals surface area contributed by atoms with Crippen LogP contribution in [0.1, 0.15) is 70.8 Å². The van der Waals surface area contributed by atoms with Crippen LogP contribution in [0.2, 0.25) is 0 Å². The average Bonchev–Trinajstić information content (AvgIpc) is 3.46. The normalized spacial score (nSPS) is 12.0. The summed E-state index contributed by atoms with van der Waals surface area (Å²) in [5.74, 6) is -0.387. The van der Waals surface area contributed by atoms with Gasteiger partial charge in [0.1, 0.15) is 15.6 Å². The molecule has 0 radical (unpaired) electrons. The Morgan fingerprint density at radius 1 is 1.12 bits per heavy atom. The zero-order valence-corrected chi connectivity index (χ0v) is 25.3. The number of carbonyl (C=O) groups is 3. The molecule has 0 aliphatic rings. The zero-order chi connectivity index (χ0) is 29.6. The molecule has 3 aromatic rings. The highest BCUT2D eigenvalue weighted by atomic mass is 32.2. The Kier molecular flexibility index (Phi) is 10.2. The van der Waals surface area contributed by atoms with Gasteiger partial charge < -0.3 is 19.5 Å². The number of aromatic nitrogens is 3. The number of ether oxygens (including phenoxy) is 3. The SMILES string of the molecule is C=CCn1c(SCC(=O)Nc2sc(C(=O)OC)c(C)c2C(=O)OC)nnc1C(C)Oc1ccc(C(C)(C)C)cc1. The van der Waals surface area contributed by atoms with Crippen molar-refractivity contribution in [3.63, 3.8) is 0 Å². The molecule has 1 unspecified atom stereocenters. The van der Waals surface area contributed by atoms with Crippen molar-refractivity contribution < 1.29 is 28.6 Å². The second-order valence-electron chi connectivity index (χ2n) is 9.85. The first kappa shape index (κ1) is 30.9. The molecular weight excluding hydrogens is 552 g/mol. The predicted molar refractivity (Wildman–Crippen MR) is 155 cm³/mol. The molecule has 0 fully saturated rings. The highest BCUT2D eigenvalue weighted by molar-refractivity contribution is 7.99. The first-order valence-electron chi connectivity index (χ1n) is 12.4. The summed E-state index contributed by atoms with van der Waals surface area (Å²) in [4.78, 5) is 37.5. The van der Waals surface area contributed by atoms with E-state index in [-0.39, 0.29) is 26.6 Å². The number of rotatable bonds is 11. The van der Waals surface area contributed by atoms with E-state index in [0.29, 0.717) is 28.8 Å². The van der Waals surface area contributed by atoms with Gasteiger partial charge in [-0.05, 0) is 42.5 Å². The average molecular weight is 587 g/mol. The third-order valence-corrected chi connectivity index (χ3v) is 8.10. The van der Waals surface area contributed by atoms with Gasteiger partial charge in [-0.3, -0.25) is 9.36 Å². The molecule has 0 aliphatic carbocycles. The monoisotopic (exact) mass is 586 g/mol. The van der Waals surface area contributed by atoms with E-state index in [1.807, 2.05) is 35.8 Å². The van der Waals surface area contributed by atoms with Gasteiger partial charge in [0.2, 0.25) is 5.91 Å². The van der Waals surface area contributed by atoms with Gasteiger partial charge in [0.15, 0.2) is 17.1 Å². The summed E-state index contributed by atoms with van der Waals surface area (Å²) in [6, 6.07) is 7.97. The lowest BCUT2D eigenvalue weighted by molar-refractivity contribution is -0.113. The van der Waals surface area contributed by atoms with Crippen LogP contribution in [0.3, 0.4) is 0 Å². The fourth-order valence-electron chi connectivity index (χ4n) is 3.83. The van der Waals surface area contributed by atoms with E-state index in [9.17, 15) is 14.4 Å². The minimum absolute atomic E-state index is 0.0239. The number of carbonyl (C=O) groups excluding carboxylic acids is 3. The first-order valence-corrected chi connectivity index (χ1v) is 14.2. The lowest BCUT2D eigenvalue weighted by Crippen LogP contribution is -2.17. The number of allylic oxidation sites excluding steroid dienone is 1. The van der Waals surface area contributed by atoms with Crippen molar-refractivity contribution in [3.05, 3.63) is 64.3 Å². The van der Waals surface area contributed by atoms with Crippen molar-refractivity contribution in [2.45, 2.75) is 57.8 Å². The summed E-state index contributed by atoms with van der Waals surface area (Å²) in [5, 5.41) is 12.0. The van der Waals surface area contributed by atoms with Crippen LogP contribution in [0.25, 0.3) is 0 Å². The molecule has 0 saturated heterocycles. The highest BCUT2D eigenvalue weighted by Crippen LogP contribution is 2.34. The second kappa shape index (κ2) is 13.1. The van der Waals surface area contributed by atoms with Crippen molar-refractivity contribution in [2.24, 2.45) is 0 Å². The number of nitrogens with one attached hydrogen (secondary N) is 1. The first-order chi connectivity index (χ1) is 18.9. The molecule has 0 aliphatic heterocycles. The lowest BCUT2D eigenvalue weighted by atomic mass is 9.87. The fourth-order valence-corrected chi connectivity index (χ4v) is 5.71. The van der Waals surface area contributed by atoms with Crippen molar-refractivity contribution in [1.29, 1.82) is 0 Å². The minimum Gasteiger partial charge on any atom is -0.483 e. The molecule has 12 heteroatoms. The van der Waals surface area contributed by atoms with Crippen LogP contribution >= 0.6 is 23.1 Å². The quantitative estimate of drug-likeness (QED) is 0.174. The van der Waals surface area contributed by atoms with Gasteiger partial charge in [-0.1, -0.05) is 50.7 Å². The van der Waals surface area contributed by atoms with E-state index < -0.39 is 23.9 Å². The van der Waals surface area contributed by atoms with Crippen molar-refractivity contribution >= 4 is 45.9 Å². The summed E-state index contributed by atoms with van der Waals surface area (Å²) < 4.78 is 17.6. The smallest absolute Gasteiger partial charge is 0.348 e. The zero-order valence-electron chi connectivity index (χ0n) is 23.7. The van der Waals surface area contributed by atoms with Gasteiger partial charge in [-0.15, -0.1) is 28.1 Å². The summed E-state index contributed by atoms with van der Waals surface area (Å²) >= 11 is 2.13. The number of anilines is 1. The molecule has 214 valence electrons. The lowest BCUT2D eigenvalue weighted by Gasteiger charge is -2.20. The van der Waals surface area contributed by atoms with Crippen molar-refractivity contribution in [1.82, 2.24) is 14.8 Å². The molecule has 10 nitrogen and oxygen atoms in total. The van der Waals surface area contributed by atoms with Crippen LogP contribution in [0.5, 0.6) is 5.75 Å². The van der Waals surface area contributed by atoms with E-state index in [0.717, 1.165) is 11.3 Å². The summed E-state index contributed by atoms with van der Waals surface area (Å²) in [6.07, 6.45) is 1.30. The Hall–Kier alpha value is -3.64. The molecule has 1 atom stereocenters. The van der Waals surface area contributed by atoms with E-state index in [2.05, 4.69) is 42.9 Å². The van der Waals surface area contributed by atoms with Crippen LogP contribution in [-0.4, -0.2) is 52.6 Å². The van der Waals surface area contributed by atoms with Crippen LogP contribution in [0.4, 0.5) is 5.00 Å². The van der Waals surface area contributed by atoms with Crippen LogP contribution in [-0.2, 0) is 26.2 Å². The molecule has 2 aromatic heterocycles. The number of hydrogen-bond acceptors (Lipinski definition) is 10. The highest BCUT2D eigenvalue weighted by Gasteiger charge is 2.27. The Labute approximate surface area is 242 Å². The molecule has 0 spiro atoms. The van der Waals surface area contributed by atoms with E-state index >= 15 is 0 Å². The maximum absolute atomic E-state index is 12.9. The van der Waals surface area contributed by atoms with Crippen LogP contribution < -0.4 is 10.1 Å². The number of hydrogen-bond donors (Lipinski definition) is 1. The van der Waals surface area contributed by atoms with Crippen LogP contribution in [0, 0.1) is 6.92 Å². The Morgan fingerprint density at radius 2 is 1.77 bits per heavy atom. The van der Waals surface area contributed by atoms with Crippen molar-refractivity contribution in [3.8, 4) is 5.75 Å². The third kappa shape index (κ3) is 7.11. The Bertz CT molecular complexity index is 1390. The number of methoxy groups -OCH3 is 2. The standard InChI is InChI=1S/C28H34N4O6S2/c1-9-14-32-23(17(3)38-19-12-10-18(11-13-19)28(4,5)6)30-31-27(32)39-15-20(33)29-24-21(25(34)36-7)16(2)22(40-24)26(35)37-8/h9-13,17H,1,14-15H2,2-8H3,(H,29,33). The molecule has 3 rings (SSSR count). The number of benzene rings is 1. The number of amides is 1. The number of nitrogens with zero attached hydrogens (tertiary/aromatic N) is 3. The maximum atomic E-state index is 12.9. The number of esters is 2. The molecule has 1 aromatic carbocycles. The van der Waals surface area contributed by atoms with E-state index in [1.165, 1.54) is 31.5 Å². The summed E-state index contributed by atoms with van der Waals surface area (Å²) in [6.45, 7) is 14.2. The number of thiophene rings is 1. The molecule has 1 N–H and O–H groups in total. The molecule has 2 heterocycles. The fraction of sp³-hybridized carbons (Fsp3) is 0.393. The van der Waals surface area contributed by atoms with Gasteiger partial charge in [-0.2, -0.15) is 0 Å². The molecule has 40 heavy (non-hydrogen) atoms. The van der Waals surface area contributed by atoms with Gasteiger partial charge in [-0.25, -0.2) is 9.59 Å². The molecule has 0 bridgehead atoms. The maximum Gasteiger partial charge on any atom is 0.348 e. The van der Waals surface area contributed by atoms with Crippen LogP contribution in [0.15, 0.2) is 42.1 Å². The minimum atomic E-state index is -0.663. The number of thioether (sulfide) groups is 1. The third-order valence-electron chi connectivity index (χ3n) is 5.95. The summed E-state index contributed by atoms with van der Waals surface area (Å²) in [7, 11) is 2.48. The Morgan fingerprint density at radius 3 is 2.35 bits per heavy atom. The molecule has 0 saturated carbocycles. The van der Waals surface area contributed by atoms with Crippen molar-refractivity contribution in [2.75, 3.05) is 25.3 Å². The second-order valence-corrected chi connectivity index (χ2v) is 11.8. The van der Waals surface area contributed by atoms with Gasteiger partial charge in [0.25, 0.3) is 0 Å². The van der Waals surface area contributed by atoms with Gasteiger partial charge in [0.05, 0.1) is 25.5 Å². The molecule has 1 amide bonds. The van der Waals surface area contributed by atoms with E-state index in [1.54, 1.807) is 13.0 Å². The predicted octanol–water partition coefficient (Wildman–Crippen LogP) is 5.58. The topological polar surface area (TPSA) is 122 Å². The largest absolute Gasteiger partial charge is 0.483 e.